The van der Waals surface area contributed by atoms with E-state index in [9.17, 15) is 0 Å². The lowest BCUT2D eigenvalue weighted by Gasteiger charge is -2.09. The van der Waals surface area contributed by atoms with Gasteiger partial charge in [0.05, 0.1) is 28.9 Å². The molecule has 0 spiro atoms. The highest BCUT2D eigenvalue weighted by Gasteiger charge is 2.17. The molecular formula is C30H20N2. The summed E-state index contributed by atoms with van der Waals surface area (Å²) in [4.78, 5) is 2.90. The molecule has 0 aliphatic rings. The molecule has 0 aliphatic heterocycles. The summed E-state index contributed by atoms with van der Waals surface area (Å²) >= 11 is 0. The third-order valence-electron chi connectivity index (χ3n) is 5.62. The van der Waals surface area contributed by atoms with Crippen molar-refractivity contribution in [3.05, 3.63) is 115 Å². The number of fused-ring (bicyclic) bond motifs is 7. The monoisotopic (exact) mass is 421 g/mol. The number of hydrogen-bond acceptors (Lipinski definition) is 0. The number of nitrogens with zero attached hydrogens (tertiary/aromatic N) is 1. The molecule has 0 atom stereocenters. The molecule has 0 radical (unpaired) electrons. The first-order valence-corrected chi connectivity index (χ1v) is 9.90. The number of benzene rings is 5. The van der Waals surface area contributed by atoms with E-state index in [0.29, 0.717) is 11.1 Å². The van der Waals surface area contributed by atoms with Crippen molar-refractivity contribution in [2.45, 2.75) is 0 Å². The van der Waals surface area contributed by atoms with Crippen molar-refractivity contribution in [3.8, 4) is 16.8 Å². The van der Waals surface area contributed by atoms with Crippen molar-refractivity contribution in [2.75, 3.05) is 0 Å². The van der Waals surface area contributed by atoms with Gasteiger partial charge >= 0.3 is 0 Å². The maximum Gasteiger partial charge on any atom is 0.0646 e. The Morgan fingerprint density at radius 2 is 1.44 bits per heavy atom. The minimum atomic E-state index is -0.538. The molecule has 2 heteroatoms. The van der Waals surface area contributed by atoms with E-state index < -0.39 is 42.3 Å². The first-order chi connectivity index (χ1) is 21.3. The van der Waals surface area contributed by atoms with Gasteiger partial charge in [-0.05, 0) is 47.4 Å². The number of hydrogen-bond donors (Lipinski definition) is 1. The number of aromatic nitrogens is 2. The minimum Gasteiger partial charge on any atom is -0.354 e. The van der Waals surface area contributed by atoms with Gasteiger partial charge in [-0.25, -0.2) is 0 Å². The van der Waals surface area contributed by atoms with Gasteiger partial charge in [-0.2, -0.15) is 0 Å². The molecule has 0 saturated carbocycles. The number of nitrogens with one attached hydrogen (secondary N) is 1. The van der Waals surface area contributed by atoms with Gasteiger partial charge in [0, 0.05) is 38.3 Å². The zero-order valence-electron chi connectivity index (χ0n) is 29.4. The van der Waals surface area contributed by atoms with Gasteiger partial charge in [0.1, 0.15) is 0 Å². The van der Waals surface area contributed by atoms with Crippen molar-refractivity contribution >= 4 is 43.6 Å². The van der Waals surface area contributed by atoms with Crippen LogP contribution in [0.4, 0.5) is 0 Å². The third kappa shape index (κ3) is 2.41. The van der Waals surface area contributed by atoms with Crippen molar-refractivity contribution in [1.82, 2.24) is 9.55 Å². The zero-order valence-corrected chi connectivity index (χ0v) is 16.4. The Kier molecular flexibility index (Phi) is 1.87. The van der Waals surface area contributed by atoms with Crippen LogP contribution in [0.2, 0.25) is 0 Å². The SMILES string of the molecule is [2H]c1ccc(-c2ccc(-n3c4c([2H])c([2H])c([2H])c([2H])c4c4c5c([nH]c6c([2H])c([2H])c([2H])c([2H])c65)c([2H])c([2H])c43)cc2[2H])cc1[2H]. The predicted molar refractivity (Wildman–Crippen MR) is 136 cm³/mol. The molecule has 2 heterocycles. The highest BCUT2D eigenvalue weighted by Crippen LogP contribution is 2.39. The molecule has 7 rings (SSSR count). The van der Waals surface area contributed by atoms with Crippen LogP contribution in [0, 0.1) is 0 Å². The van der Waals surface area contributed by atoms with E-state index >= 15 is 0 Å². The van der Waals surface area contributed by atoms with Gasteiger partial charge in [-0.1, -0.05) is 78.6 Å². The van der Waals surface area contributed by atoms with Crippen LogP contribution in [-0.4, -0.2) is 9.55 Å². The summed E-state index contributed by atoms with van der Waals surface area (Å²) in [6.07, 6.45) is 0. The van der Waals surface area contributed by atoms with E-state index in [1.54, 1.807) is 18.2 Å². The molecule has 0 unspecified atom stereocenters. The van der Waals surface area contributed by atoms with Crippen molar-refractivity contribution in [1.29, 1.82) is 0 Å². The summed E-state index contributed by atoms with van der Waals surface area (Å²) in [5.74, 6) is 0. The van der Waals surface area contributed by atoms with E-state index in [0.717, 1.165) is 0 Å². The minimum absolute atomic E-state index is 0.000354. The highest BCUT2D eigenvalue weighted by molar-refractivity contribution is 6.28. The quantitative estimate of drug-likeness (QED) is 0.291. The Morgan fingerprint density at radius 1 is 0.562 bits per heavy atom. The van der Waals surface area contributed by atoms with E-state index in [-0.39, 0.29) is 85.6 Å². The molecule has 7 aromatic rings. The average Bonchev–Trinajstić information content (AvgIpc) is 3.58. The molecule has 150 valence electrons. The second-order valence-electron chi connectivity index (χ2n) is 7.34. The Hall–Kier alpha value is -4.30. The number of para-hydroxylation sites is 2. The molecule has 0 saturated heterocycles. The van der Waals surface area contributed by atoms with E-state index in [1.165, 1.54) is 22.8 Å². The maximum atomic E-state index is 9.08. The summed E-state index contributed by atoms with van der Waals surface area (Å²) in [6.45, 7) is 0. The van der Waals surface area contributed by atoms with Gasteiger partial charge in [0.25, 0.3) is 0 Å². The van der Waals surface area contributed by atoms with Crippen molar-refractivity contribution < 1.29 is 17.8 Å². The summed E-state index contributed by atoms with van der Waals surface area (Å²) < 4.78 is 112. The van der Waals surface area contributed by atoms with E-state index in [4.69, 9.17) is 17.8 Å². The van der Waals surface area contributed by atoms with Crippen LogP contribution in [0.15, 0.2) is 115 Å². The normalized spacial score (nSPS) is 17.4. The molecule has 2 nitrogen and oxygen atoms in total. The fourth-order valence-electron chi connectivity index (χ4n) is 4.24. The Bertz CT molecular complexity index is 2480. The van der Waals surface area contributed by atoms with Gasteiger partial charge in [0.15, 0.2) is 0 Å². The molecule has 0 amide bonds. The number of rotatable bonds is 2. The van der Waals surface area contributed by atoms with Crippen LogP contribution in [0.3, 0.4) is 0 Å². The molecule has 0 aliphatic carbocycles. The second-order valence-corrected chi connectivity index (χ2v) is 7.34. The van der Waals surface area contributed by atoms with Crippen LogP contribution in [0.5, 0.6) is 0 Å². The Labute approximate surface area is 203 Å². The number of aromatic amines is 1. The van der Waals surface area contributed by atoms with E-state index in [2.05, 4.69) is 4.98 Å². The van der Waals surface area contributed by atoms with E-state index in [1.807, 2.05) is 0 Å². The van der Waals surface area contributed by atoms with Crippen molar-refractivity contribution in [3.63, 3.8) is 0 Å². The Balaban J connectivity index is 1.71. The van der Waals surface area contributed by atoms with Crippen LogP contribution in [0.25, 0.3) is 60.4 Å². The lowest BCUT2D eigenvalue weighted by atomic mass is 10.1. The molecule has 32 heavy (non-hydrogen) atoms. The average molecular weight is 422 g/mol. The standard InChI is InChI=1S/C30H20N2/c1-2-8-20(9-3-1)21-14-16-22(17-15-21)32-27-13-7-5-11-24(27)30-28(32)19-18-26-29(30)23-10-4-6-12-25(23)31-26/h1-19,31H/i1D,2D,4D,5D,6D,7D,10D,11D,12D,13D,14D,18D,19D. The fraction of sp³-hybridized carbons (Fsp3) is 0. The number of H-pyrrole nitrogens is 1. The first kappa shape index (κ1) is 9.05. The maximum absolute atomic E-state index is 9.08. The summed E-state index contributed by atoms with van der Waals surface area (Å²) in [5.41, 5.74) is 1.25. The molecule has 1 N–H and O–H groups in total. The van der Waals surface area contributed by atoms with Crippen LogP contribution in [-0.2, 0) is 0 Å². The van der Waals surface area contributed by atoms with Gasteiger partial charge in [-0.3, -0.25) is 0 Å². The topological polar surface area (TPSA) is 20.7 Å². The third-order valence-corrected chi connectivity index (χ3v) is 5.62. The van der Waals surface area contributed by atoms with Crippen LogP contribution in [0.1, 0.15) is 17.8 Å². The zero-order chi connectivity index (χ0) is 32.4. The van der Waals surface area contributed by atoms with Gasteiger partial charge in [-0.15, -0.1) is 0 Å². The molecule has 5 aromatic carbocycles. The smallest absolute Gasteiger partial charge is 0.0646 e. The highest BCUT2D eigenvalue weighted by atomic mass is 15.0. The lowest BCUT2D eigenvalue weighted by Crippen LogP contribution is -1.93. The molecule has 0 bridgehead atoms. The lowest BCUT2D eigenvalue weighted by molar-refractivity contribution is 1.18. The Morgan fingerprint density at radius 3 is 2.34 bits per heavy atom. The largest absolute Gasteiger partial charge is 0.354 e. The summed E-state index contributed by atoms with van der Waals surface area (Å²) in [5, 5.41) is 0.276. The summed E-state index contributed by atoms with van der Waals surface area (Å²) in [7, 11) is 0. The molecule has 0 fully saturated rings. The second kappa shape index (κ2) is 6.60. The summed E-state index contributed by atoms with van der Waals surface area (Å²) in [6, 6.07) is 4.80. The van der Waals surface area contributed by atoms with Gasteiger partial charge in [0.2, 0.25) is 0 Å². The van der Waals surface area contributed by atoms with Gasteiger partial charge < -0.3 is 9.55 Å². The van der Waals surface area contributed by atoms with Crippen LogP contribution < -0.4 is 0 Å². The first-order valence-electron chi connectivity index (χ1n) is 16.4. The van der Waals surface area contributed by atoms with Crippen LogP contribution >= 0.6 is 0 Å². The molecular weight excluding hydrogens is 388 g/mol. The molecule has 2 aromatic heterocycles. The predicted octanol–water partition coefficient (Wildman–Crippen LogP) is 8.09. The fourth-order valence-corrected chi connectivity index (χ4v) is 4.24. The van der Waals surface area contributed by atoms with Crippen molar-refractivity contribution in [2.24, 2.45) is 0 Å².